The summed E-state index contributed by atoms with van der Waals surface area (Å²) < 4.78 is 23.5. The van der Waals surface area contributed by atoms with Crippen LogP contribution in [0.3, 0.4) is 0 Å². The summed E-state index contributed by atoms with van der Waals surface area (Å²) in [5.74, 6) is 2.91. The predicted molar refractivity (Wildman–Crippen MR) is 99.2 cm³/mol. The summed E-state index contributed by atoms with van der Waals surface area (Å²) in [5, 5.41) is 10.2. The monoisotopic (exact) mass is 357 g/mol. The molecule has 0 amide bonds. The first-order valence-electron chi connectivity index (χ1n) is 8.39. The SMILES string of the molecule is C#CCOC[C@H](O)CN(Cc1ccc(F)cc1)Cc1ccc(OC)cc1. The lowest BCUT2D eigenvalue weighted by atomic mass is 10.1. The number of rotatable bonds is 10. The van der Waals surface area contributed by atoms with Gasteiger partial charge in [0.2, 0.25) is 0 Å². The zero-order valence-electron chi connectivity index (χ0n) is 14.9. The molecular weight excluding hydrogens is 333 g/mol. The molecule has 0 unspecified atom stereocenters. The van der Waals surface area contributed by atoms with Gasteiger partial charge in [0.05, 0.1) is 19.8 Å². The van der Waals surface area contributed by atoms with Crippen molar-refractivity contribution in [2.24, 2.45) is 0 Å². The minimum atomic E-state index is -0.665. The fourth-order valence-electron chi connectivity index (χ4n) is 2.63. The molecule has 0 saturated heterocycles. The highest BCUT2D eigenvalue weighted by Crippen LogP contribution is 2.15. The Kier molecular flexibility index (Phi) is 8.10. The summed E-state index contributed by atoms with van der Waals surface area (Å²) >= 11 is 0. The van der Waals surface area contributed by atoms with Crippen molar-refractivity contribution in [2.45, 2.75) is 19.2 Å². The molecule has 26 heavy (non-hydrogen) atoms. The summed E-state index contributed by atoms with van der Waals surface area (Å²) in [6.07, 6.45) is 4.48. The summed E-state index contributed by atoms with van der Waals surface area (Å²) in [5.41, 5.74) is 2.06. The van der Waals surface area contributed by atoms with Gasteiger partial charge in [0.1, 0.15) is 18.2 Å². The van der Waals surface area contributed by atoms with Gasteiger partial charge in [-0.1, -0.05) is 30.2 Å². The molecule has 4 nitrogen and oxygen atoms in total. The molecule has 0 aromatic heterocycles. The van der Waals surface area contributed by atoms with Crippen LogP contribution >= 0.6 is 0 Å². The van der Waals surface area contributed by atoms with Gasteiger partial charge in [0.25, 0.3) is 0 Å². The van der Waals surface area contributed by atoms with Crippen molar-refractivity contribution in [3.8, 4) is 18.1 Å². The van der Waals surface area contributed by atoms with Gasteiger partial charge >= 0.3 is 0 Å². The Balaban J connectivity index is 2.03. The van der Waals surface area contributed by atoms with Crippen molar-refractivity contribution in [1.29, 1.82) is 0 Å². The van der Waals surface area contributed by atoms with E-state index in [0.717, 1.165) is 16.9 Å². The molecular formula is C21H24FNO3. The Morgan fingerprint density at radius 3 is 2.19 bits per heavy atom. The van der Waals surface area contributed by atoms with Gasteiger partial charge in [0, 0.05) is 19.6 Å². The van der Waals surface area contributed by atoms with Crippen LogP contribution in [0.1, 0.15) is 11.1 Å². The van der Waals surface area contributed by atoms with Crippen molar-refractivity contribution in [1.82, 2.24) is 4.90 Å². The molecule has 0 aliphatic heterocycles. The van der Waals surface area contributed by atoms with Crippen LogP contribution in [0.2, 0.25) is 0 Å². The minimum absolute atomic E-state index is 0.173. The molecule has 0 heterocycles. The summed E-state index contributed by atoms with van der Waals surface area (Å²) in [7, 11) is 1.63. The van der Waals surface area contributed by atoms with Gasteiger partial charge in [-0.3, -0.25) is 4.90 Å². The lowest BCUT2D eigenvalue weighted by Gasteiger charge is -2.25. The van der Waals surface area contributed by atoms with Crippen LogP contribution in [0.5, 0.6) is 5.75 Å². The van der Waals surface area contributed by atoms with Gasteiger partial charge in [-0.25, -0.2) is 4.39 Å². The van der Waals surface area contributed by atoms with Gasteiger partial charge in [0.15, 0.2) is 0 Å². The van der Waals surface area contributed by atoms with Crippen LogP contribution in [0, 0.1) is 18.2 Å². The molecule has 0 aliphatic carbocycles. The average molecular weight is 357 g/mol. The molecule has 0 fully saturated rings. The first-order chi connectivity index (χ1) is 12.6. The first kappa shape index (κ1) is 19.9. The number of aliphatic hydroxyl groups excluding tert-OH is 1. The van der Waals surface area contributed by atoms with Crippen LogP contribution < -0.4 is 4.74 Å². The largest absolute Gasteiger partial charge is 0.497 e. The number of aliphatic hydroxyl groups is 1. The molecule has 1 atom stereocenters. The fourth-order valence-corrected chi connectivity index (χ4v) is 2.63. The van der Waals surface area contributed by atoms with E-state index in [9.17, 15) is 9.50 Å². The summed E-state index contributed by atoms with van der Waals surface area (Å²) in [4.78, 5) is 2.08. The van der Waals surface area contributed by atoms with Gasteiger partial charge in [-0.15, -0.1) is 6.42 Å². The van der Waals surface area contributed by atoms with Gasteiger partial charge in [-0.2, -0.15) is 0 Å². The van der Waals surface area contributed by atoms with Crippen LogP contribution in [0.4, 0.5) is 4.39 Å². The van der Waals surface area contributed by atoms with Gasteiger partial charge in [-0.05, 0) is 35.4 Å². The van der Waals surface area contributed by atoms with E-state index in [1.165, 1.54) is 12.1 Å². The first-order valence-corrected chi connectivity index (χ1v) is 8.39. The van der Waals surface area contributed by atoms with E-state index in [4.69, 9.17) is 15.9 Å². The molecule has 2 aromatic carbocycles. The van der Waals surface area contributed by atoms with E-state index in [0.29, 0.717) is 19.6 Å². The van der Waals surface area contributed by atoms with Crippen molar-refractivity contribution in [3.63, 3.8) is 0 Å². The van der Waals surface area contributed by atoms with Crippen LogP contribution in [-0.4, -0.2) is 43.0 Å². The molecule has 2 rings (SSSR count). The smallest absolute Gasteiger partial charge is 0.123 e. The second-order valence-electron chi connectivity index (χ2n) is 6.02. The summed E-state index contributed by atoms with van der Waals surface area (Å²) in [6, 6.07) is 14.1. The highest BCUT2D eigenvalue weighted by atomic mass is 19.1. The topological polar surface area (TPSA) is 41.9 Å². The molecule has 0 bridgehead atoms. The van der Waals surface area contributed by atoms with Crippen LogP contribution in [0.25, 0.3) is 0 Å². The fraction of sp³-hybridized carbons (Fsp3) is 0.333. The zero-order valence-corrected chi connectivity index (χ0v) is 14.9. The number of ether oxygens (including phenoxy) is 2. The number of hydrogen-bond acceptors (Lipinski definition) is 4. The van der Waals surface area contributed by atoms with Crippen molar-refractivity contribution < 1.29 is 19.0 Å². The Labute approximate surface area is 154 Å². The molecule has 5 heteroatoms. The Hall–Kier alpha value is -2.39. The van der Waals surface area contributed by atoms with Crippen molar-refractivity contribution in [2.75, 3.05) is 26.9 Å². The second kappa shape index (κ2) is 10.6. The molecule has 0 saturated carbocycles. The number of benzene rings is 2. The number of halogens is 1. The van der Waals surface area contributed by atoms with E-state index < -0.39 is 6.10 Å². The van der Waals surface area contributed by atoms with E-state index >= 15 is 0 Å². The highest BCUT2D eigenvalue weighted by molar-refractivity contribution is 5.27. The maximum absolute atomic E-state index is 13.1. The quantitative estimate of drug-likeness (QED) is 0.524. The normalized spacial score (nSPS) is 12.0. The predicted octanol–water partition coefficient (Wildman–Crippen LogP) is 2.85. The zero-order chi connectivity index (χ0) is 18.8. The standard InChI is InChI=1S/C21H24FNO3/c1-3-12-26-16-20(24)15-23(13-17-4-8-19(22)9-5-17)14-18-6-10-21(25-2)11-7-18/h1,4-11,20,24H,12-16H2,2H3/t20-/m1/s1. The molecule has 138 valence electrons. The Morgan fingerprint density at radius 2 is 1.65 bits per heavy atom. The molecule has 2 aromatic rings. The number of nitrogens with zero attached hydrogens (tertiary/aromatic N) is 1. The molecule has 0 radical (unpaired) electrons. The average Bonchev–Trinajstić information content (AvgIpc) is 2.64. The van der Waals surface area contributed by atoms with Crippen LogP contribution in [-0.2, 0) is 17.8 Å². The maximum atomic E-state index is 13.1. The third-order valence-electron chi connectivity index (χ3n) is 3.85. The van der Waals surface area contributed by atoms with E-state index in [2.05, 4.69) is 10.8 Å². The number of methoxy groups -OCH3 is 1. The van der Waals surface area contributed by atoms with Gasteiger partial charge < -0.3 is 14.6 Å². The van der Waals surface area contributed by atoms with E-state index in [-0.39, 0.29) is 19.0 Å². The van der Waals surface area contributed by atoms with E-state index in [1.807, 2.05) is 24.3 Å². The third-order valence-corrected chi connectivity index (χ3v) is 3.85. The lowest BCUT2D eigenvalue weighted by molar-refractivity contribution is 0.0243. The maximum Gasteiger partial charge on any atom is 0.123 e. The highest BCUT2D eigenvalue weighted by Gasteiger charge is 2.14. The molecule has 0 aliphatic rings. The molecule has 1 N–H and O–H groups in total. The number of hydrogen-bond donors (Lipinski definition) is 1. The van der Waals surface area contributed by atoms with Crippen LogP contribution in [0.15, 0.2) is 48.5 Å². The number of terminal acetylenes is 1. The lowest BCUT2D eigenvalue weighted by Crippen LogP contribution is -2.34. The third kappa shape index (κ3) is 6.85. The Morgan fingerprint density at radius 1 is 1.08 bits per heavy atom. The minimum Gasteiger partial charge on any atom is -0.497 e. The summed E-state index contributed by atoms with van der Waals surface area (Å²) in [6.45, 7) is 1.97. The van der Waals surface area contributed by atoms with E-state index in [1.54, 1.807) is 19.2 Å². The second-order valence-corrected chi connectivity index (χ2v) is 6.02. The molecule has 0 spiro atoms. The Bertz CT molecular complexity index is 695. The van der Waals surface area contributed by atoms with Crippen molar-refractivity contribution in [3.05, 3.63) is 65.5 Å². The van der Waals surface area contributed by atoms with Crippen molar-refractivity contribution >= 4 is 0 Å².